The lowest BCUT2D eigenvalue weighted by atomic mass is 10.1. The van der Waals surface area contributed by atoms with Crippen LogP contribution in [0.25, 0.3) is 0 Å². The van der Waals surface area contributed by atoms with E-state index in [1.165, 1.54) is 0 Å². The molecule has 2 aromatic heterocycles. The standard InChI is InChI=1S/C10H13N3O/c1-8(11)10(9-4-2-7-14-9)13-6-3-5-12-13/h2-8,10H,11H2,1H3. The number of aromatic nitrogens is 2. The summed E-state index contributed by atoms with van der Waals surface area (Å²) in [4.78, 5) is 0. The predicted octanol–water partition coefficient (Wildman–Crippen LogP) is 1.41. The Labute approximate surface area is 82.3 Å². The Morgan fingerprint density at radius 1 is 1.50 bits per heavy atom. The predicted molar refractivity (Wildman–Crippen MR) is 52.7 cm³/mol. The van der Waals surface area contributed by atoms with Crippen molar-refractivity contribution < 1.29 is 4.42 Å². The number of nitrogens with two attached hydrogens (primary N) is 1. The van der Waals surface area contributed by atoms with Crippen LogP contribution in [0.4, 0.5) is 0 Å². The number of rotatable bonds is 3. The lowest BCUT2D eigenvalue weighted by Crippen LogP contribution is -2.30. The van der Waals surface area contributed by atoms with E-state index in [4.69, 9.17) is 10.2 Å². The molecule has 2 rings (SSSR count). The van der Waals surface area contributed by atoms with Gasteiger partial charge in [0, 0.05) is 18.4 Å². The second kappa shape index (κ2) is 3.67. The summed E-state index contributed by atoms with van der Waals surface area (Å²) in [5.41, 5.74) is 5.90. The highest BCUT2D eigenvalue weighted by Crippen LogP contribution is 2.20. The first-order chi connectivity index (χ1) is 6.79. The minimum atomic E-state index is -0.0407. The molecule has 0 radical (unpaired) electrons. The number of nitrogens with zero attached hydrogens (tertiary/aromatic N) is 2. The molecule has 2 aromatic rings. The lowest BCUT2D eigenvalue weighted by molar-refractivity contribution is 0.368. The van der Waals surface area contributed by atoms with Gasteiger partial charge < -0.3 is 10.2 Å². The molecule has 4 heteroatoms. The quantitative estimate of drug-likeness (QED) is 0.798. The molecular formula is C10H13N3O. The van der Waals surface area contributed by atoms with E-state index in [1.54, 1.807) is 12.5 Å². The van der Waals surface area contributed by atoms with Gasteiger partial charge in [-0.15, -0.1) is 0 Å². The summed E-state index contributed by atoms with van der Waals surface area (Å²) in [5, 5.41) is 4.17. The number of hydrogen-bond acceptors (Lipinski definition) is 3. The van der Waals surface area contributed by atoms with Gasteiger partial charge in [-0.2, -0.15) is 5.10 Å². The third-order valence-corrected chi connectivity index (χ3v) is 2.14. The molecule has 0 aliphatic rings. The van der Waals surface area contributed by atoms with Crippen LogP contribution in [0, 0.1) is 0 Å². The van der Waals surface area contributed by atoms with Crippen molar-refractivity contribution in [3.05, 3.63) is 42.6 Å². The smallest absolute Gasteiger partial charge is 0.129 e. The zero-order valence-corrected chi connectivity index (χ0v) is 8.00. The monoisotopic (exact) mass is 191 g/mol. The number of furan rings is 1. The van der Waals surface area contributed by atoms with Crippen molar-refractivity contribution in [1.29, 1.82) is 0 Å². The van der Waals surface area contributed by atoms with Crippen molar-refractivity contribution in [2.75, 3.05) is 0 Å². The van der Waals surface area contributed by atoms with Gasteiger partial charge >= 0.3 is 0 Å². The minimum absolute atomic E-state index is 0.0278. The van der Waals surface area contributed by atoms with Gasteiger partial charge in [0.05, 0.1) is 6.26 Å². The van der Waals surface area contributed by atoms with Gasteiger partial charge in [-0.3, -0.25) is 4.68 Å². The Morgan fingerprint density at radius 2 is 2.36 bits per heavy atom. The Bertz CT molecular complexity index is 330. The van der Waals surface area contributed by atoms with Gasteiger partial charge in [-0.25, -0.2) is 0 Å². The van der Waals surface area contributed by atoms with Crippen molar-refractivity contribution >= 4 is 0 Å². The normalized spacial score (nSPS) is 15.3. The molecule has 0 bridgehead atoms. The molecule has 74 valence electrons. The Morgan fingerprint density at radius 3 is 2.86 bits per heavy atom. The molecule has 2 atom stereocenters. The molecule has 4 nitrogen and oxygen atoms in total. The van der Waals surface area contributed by atoms with Crippen molar-refractivity contribution in [1.82, 2.24) is 9.78 Å². The van der Waals surface area contributed by atoms with Crippen LogP contribution in [0.15, 0.2) is 41.3 Å². The van der Waals surface area contributed by atoms with Crippen molar-refractivity contribution in [2.45, 2.75) is 19.0 Å². The van der Waals surface area contributed by atoms with E-state index >= 15 is 0 Å². The molecule has 0 spiro atoms. The topological polar surface area (TPSA) is 57.0 Å². The fraction of sp³-hybridized carbons (Fsp3) is 0.300. The van der Waals surface area contributed by atoms with E-state index in [9.17, 15) is 0 Å². The van der Waals surface area contributed by atoms with Crippen LogP contribution >= 0.6 is 0 Å². The molecule has 2 N–H and O–H groups in total. The summed E-state index contributed by atoms with van der Waals surface area (Å²) in [5.74, 6) is 0.837. The highest BCUT2D eigenvalue weighted by atomic mass is 16.3. The first-order valence-corrected chi connectivity index (χ1v) is 4.57. The zero-order valence-electron chi connectivity index (χ0n) is 8.00. The SMILES string of the molecule is CC(N)C(c1ccco1)n1cccn1. The van der Waals surface area contributed by atoms with Crippen LogP contribution in [-0.4, -0.2) is 15.8 Å². The maximum atomic E-state index is 5.90. The zero-order chi connectivity index (χ0) is 9.97. The maximum Gasteiger partial charge on any atom is 0.129 e. The van der Waals surface area contributed by atoms with E-state index in [-0.39, 0.29) is 12.1 Å². The molecule has 0 fully saturated rings. The van der Waals surface area contributed by atoms with Crippen LogP contribution in [0.2, 0.25) is 0 Å². The summed E-state index contributed by atoms with van der Waals surface area (Å²) >= 11 is 0. The second-order valence-corrected chi connectivity index (χ2v) is 3.31. The third kappa shape index (κ3) is 1.56. The molecule has 0 aliphatic carbocycles. The third-order valence-electron chi connectivity index (χ3n) is 2.14. The maximum absolute atomic E-state index is 5.90. The first kappa shape index (κ1) is 9.02. The van der Waals surface area contributed by atoms with Crippen LogP contribution < -0.4 is 5.73 Å². The van der Waals surface area contributed by atoms with Gasteiger partial charge in [-0.05, 0) is 25.1 Å². The Kier molecular flexibility index (Phi) is 2.37. The fourth-order valence-corrected chi connectivity index (χ4v) is 1.54. The average Bonchev–Trinajstić information content (AvgIpc) is 2.75. The molecule has 0 amide bonds. The van der Waals surface area contributed by atoms with E-state index in [0.29, 0.717) is 0 Å². The van der Waals surface area contributed by atoms with Crippen molar-refractivity contribution in [3.63, 3.8) is 0 Å². The molecule has 0 saturated carbocycles. The molecule has 2 unspecified atom stereocenters. The first-order valence-electron chi connectivity index (χ1n) is 4.57. The summed E-state index contributed by atoms with van der Waals surface area (Å²) in [7, 11) is 0. The molecule has 0 aliphatic heterocycles. The Hall–Kier alpha value is -1.55. The van der Waals surface area contributed by atoms with Crippen LogP contribution in [0.5, 0.6) is 0 Å². The molecular weight excluding hydrogens is 178 g/mol. The van der Waals surface area contributed by atoms with Crippen molar-refractivity contribution in [3.8, 4) is 0 Å². The van der Waals surface area contributed by atoms with Crippen LogP contribution in [-0.2, 0) is 0 Å². The van der Waals surface area contributed by atoms with Gasteiger partial charge in [0.2, 0.25) is 0 Å². The van der Waals surface area contributed by atoms with E-state index in [2.05, 4.69) is 5.10 Å². The molecule has 0 saturated heterocycles. The van der Waals surface area contributed by atoms with Crippen LogP contribution in [0.1, 0.15) is 18.7 Å². The molecule has 2 heterocycles. The summed E-state index contributed by atoms with van der Waals surface area (Å²) in [6.07, 6.45) is 5.27. The summed E-state index contributed by atoms with van der Waals surface area (Å²) in [6.45, 7) is 1.94. The van der Waals surface area contributed by atoms with Crippen molar-refractivity contribution in [2.24, 2.45) is 5.73 Å². The molecule has 14 heavy (non-hydrogen) atoms. The van der Waals surface area contributed by atoms with Gasteiger partial charge in [0.15, 0.2) is 0 Å². The van der Waals surface area contributed by atoms with E-state index in [0.717, 1.165) is 5.76 Å². The minimum Gasteiger partial charge on any atom is -0.467 e. The Balaban J connectivity index is 2.35. The summed E-state index contributed by atoms with van der Waals surface area (Å²) in [6, 6.07) is 5.57. The van der Waals surface area contributed by atoms with E-state index < -0.39 is 0 Å². The van der Waals surface area contributed by atoms with E-state index in [1.807, 2.05) is 36.0 Å². The number of hydrogen-bond donors (Lipinski definition) is 1. The van der Waals surface area contributed by atoms with Gasteiger partial charge in [0.25, 0.3) is 0 Å². The second-order valence-electron chi connectivity index (χ2n) is 3.31. The molecule has 0 aromatic carbocycles. The largest absolute Gasteiger partial charge is 0.467 e. The highest BCUT2D eigenvalue weighted by Gasteiger charge is 2.20. The van der Waals surface area contributed by atoms with Gasteiger partial charge in [-0.1, -0.05) is 0 Å². The summed E-state index contributed by atoms with van der Waals surface area (Å²) < 4.78 is 7.15. The fourth-order valence-electron chi connectivity index (χ4n) is 1.54. The van der Waals surface area contributed by atoms with Gasteiger partial charge in [0.1, 0.15) is 11.8 Å². The van der Waals surface area contributed by atoms with Crippen LogP contribution in [0.3, 0.4) is 0 Å². The highest BCUT2D eigenvalue weighted by molar-refractivity contribution is 5.08. The average molecular weight is 191 g/mol. The lowest BCUT2D eigenvalue weighted by Gasteiger charge is -2.18.